The number of piperidine rings is 1. The Morgan fingerprint density at radius 2 is 1.95 bits per heavy atom. The van der Waals surface area contributed by atoms with Gasteiger partial charge in [0.05, 0.1) is 12.3 Å². The van der Waals surface area contributed by atoms with Crippen LogP contribution in [0.4, 0.5) is 8.78 Å². The van der Waals surface area contributed by atoms with Crippen molar-refractivity contribution in [2.24, 2.45) is 11.8 Å². The summed E-state index contributed by atoms with van der Waals surface area (Å²) in [5, 5.41) is 9.04. The third-order valence-electron chi connectivity index (χ3n) is 3.96. The van der Waals surface area contributed by atoms with Crippen LogP contribution in [0.5, 0.6) is 0 Å². The third-order valence-corrected chi connectivity index (χ3v) is 3.96. The molecule has 2 rings (SSSR count). The lowest BCUT2D eigenvalue weighted by molar-refractivity contribution is -0.148. The number of carboxylic acid groups (broad SMARTS) is 1. The number of halogens is 2. The van der Waals surface area contributed by atoms with Gasteiger partial charge in [0.1, 0.15) is 11.6 Å². The minimum absolute atomic E-state index is 0.175. The molecule has 4 nitrogen and oxygen atoms in total. The number of benzene rings is 1. The summed E-state index contributed by atoms with van der Waals surface area (Å²) in [4.78, 5) is 24.6. The zero-order valence-electron chi connectivity index (χ0n) is 11.7. The average Bonchev–Trinajstić information content (AvgIpc) is 2.42. The Balaban J connectivity index is 2.04. The summed E-state index contributed by atoms with van der Waals surface area (Å²) in [6.07, 6.45) is 0.0188. The van der Waals surface area contributed by atoms with Crippen LogP contribution in [0.3, 0.4) is 0 Å². The van der Waals surface area contributed by atoms with E-state index in [0.29, 0.717) is 19.5 Å². The van der Waals surface area contributed by atoms with Crippen LogP contribution in [0.2, 0.25) is 0 Å². The highest BCUT2D eigenvalue weighted by Gasteiger charge is 2.33. The third kappa shape index (κ3) is 3.37. The van der Waals surface area contributed by atoms with Crippen molar-refractivity contribution in [2.45, 2.75) is 19.8 Å². The van der Waals surface area contributed by atoms with Crippen LogP contribution in [0, 0.1) is 23.5 Å². The van der Waals surface area contributed by atoms with Crippen LogP contribution in [0.15, 0.2) is 18.2 Å². The van der Waals surface area contributed by atoms with Crippen molar-refractivity contribution in [3.05, 3.63) is 35.4 Å². The first-order chi connectivity index (χ1) is 9.90. The van der Waals surface area contributed by atoms with Crippen LogP contribution in [-0.4, -0.2) is 35.0 Å². The number of carbonyl (C=O) groups excluding carboxylic acids is 1. The molecule has 1 amide bonds. The fourth-order valence-corrected chi connectivity index (χ4v) is 2.70. The van der Waals surface area contributed by atoms with Gasteiger partial charge in [-0.1, -0.05) is 13.0 Å². The number of hydrogen-bond acceptors (Lipinski definition) is 2. The van der Waals surface area contributed by atoms with Gasteiger partial charge in [-0.2, -0.15) is 0 Å². The van der Waals surface area contributed by atoms with E-state index in [1.165, 1.54) is 11.0 Å². The molecule has 0 aromatic heterocycles. The van der Waals surface area contributed by atoms with Crippen LogP contribution >= 0.6 is 0 Å². The molecule has 6 heteroatoms. The molecule has 1 aromatic rings. The van der Waals surface area contributed by atoms with E-state index in [9.17, 15) is 18.4 Å². The maximum Gasteiger partial charge on any atom is 0.306 e. The number of aliphatic carboxylic acids is 1. The van der Waals surface area contributed by atoms with Gasteiger partial charge in [-0.05, 0) is 24.5 Å². The number of likely N-dealkylation sites (tertiary alicyclic amines) is 1. The molecule has 1 N–H and O–H groups in total. The van der Waals surface area contributed by atoms with Crippen molar-refractivity contribution < 1.29 is 23.5 Å². The highest BCUT2D eigenvalue weighted by atomic mass is 19.1. The van der Waals surface area contributed by atoms with Gasteiger partial charge in [0.25, 0.3) is 0 Å². The first-order valence-electron chi connectivity index (χ1n) is 6.83. The lowest BCUT2D eigenvalue weighted by Gasteiger charge is -2.35. The molecule has 2 atom stereocenters. The van der Waals surface area contributed by atoms with E-state index in [0.717, 1.165) is 12.1 Å². The fraction of sp³-hybridized carbons (Fsp3) is 0.467. The molecule has 1 aliphatic heterocycles. The summed E-state index contributed by atoms with van der Waals surface area (Å²) in [6, 6.07) is 3.48. The maximum absolute atomic E-state index is 13.5. The van der Waals surface area contributed by atoms with E-state index in [1.807, 2.05) is 0 Å². The second-order valence-electron chi connectivity index (χ2n) is 5.43. The van der Waals surface area contributed by atoms with Gasteiger partial charge in [-0.3, -0.25) is 9.59 Å². The van der Waals surface area contributed by atoms with Gasteiger partial charge in [0.15, 0.2) is 0 Å². The predicted molar refractivity (Wildman–Crippen MR) is 71.5 cm³/mol. The summed E-state index contributed by atoms with van der Waals surface area (Å²) in [5.41, 5.74) is -0.240. The molecule has 114 valence electrons. The van der Waals surface area contributed by atoms with Gasteiger partial charge in [0, 0.05) is 18.7 Å². The highest BCUT2D eigenvalue weighted by Crippen LogP contribution is 2.24. The summed E-state index contributed by atoms with van der Waals surface area (Å²) < 4.78 is 27.1. The standard InChI is InChI=1S/C15H17F2NO3/c1-9-8-18(6-5-10(9)15(20)21)14(19)7-11-12(16)3-2-4-13(11)17/h2-4,9-10H,5-8H2,1H3,(H,20,21). The van der Waals surface area contributed by atoms with E-state index in [1.54, 1.807) is 6.92 Å². The number of carboxylic acids is 1. The zero-order chi connectivity index (χ0) is 15.6. The summed E-state index contributed by atoms with van der Waals surface area (Å²) >= 11 is 0. The lowest BCUT2D eigenvalue weighted by atomic mass is 9.87. The van der Waals surface area contributed by atoms with Crippen molar-refractivity contribution in [1.29, 1.82) is 0 Å². The average molecular weight is 297 g/mol. The molecule has 0 bridgehead atoms. The maximum atomic E-state index is 13.5. The van der Waals surface area contributed by atoms with Gasteiger partial charge in [-0.15, -0.1) is 0 Å². The van der Waals surface area contributed by atoms with Gasteiger partial charge in [0.2, 0.25) is 5.91 Å². The van der Waals surface area contributed by atoms with Crippen molar-refractivity contribution in [1.82, 2.24) is 4.90 Å². The smallest absolute Gasteiger partial charge is 0.306 e. The molecule has 21 heavy (non-hydrogen) atoms. The lowest BCUT2D eigenvalue weighted by Crippen LogP contribution is -2.45. The quantitative estimate of drug-likeness (QED) is 0.929. The van der Waals surface area contributed by atoms with E-state index < -0.39 is 23.5 Å². The predicted octanol–water partition coefficient (Wildman–Crippen LogP) is 2.08. The van der Waals surface area contributed by atoms with Crippen molar-refractivity contribution in [3.8, 4) is 0 Å². The first kappa shape index (κ1) is 15.4. The van der Waals surface area contributed by atoms with Crippen molar-refractivity contribution in [3.63, 3.8) is 0 Å². The van der Waals surface area contributed by atoms with E-state index in [2.05, 4.69) is 0 Å². The highest BCUT2D eigenvalue weighted by molar-refractivity contribution is 5.79. The molecule has 1 fully saturated rings. The Hall–Kier alpha value is -1.98. The SMILES string of the molecule is CC1CN(C(=O)Cc2c(F)cccc2F)CCC1C(=O)O. The first-order valence-corrected chi connectivity index (χ1v) is 6.83. The van der Waals surface area contributed by atoms with E-state index >= 15 is 0 Å². The second kappa shape index (κ2) is 6.20. The number of rotatable bonds is 3. The van der Waals surface area contributed by atoms with Crippen molar-refractivity contribution >= 4 is 11.9 Å². The number of hydrogen-bond donors (Lipinski definition) is 1. The van der Waals surface area contributed by atoms with Crippen molar-refractivity contribution in [2.75, 3.05) is 13.1 Å². The molecule has 1 saturated heterocycles. The summed E-state index contributed by atoms with van der Waals surface area (Å²) in [5.74, 6) is -3.37. The number of nitrogens with zero attached hydrogens (tertiary/aromatic N) is 1. The Morgan fingerprint density at radius 1 is 1.33 bits per heavy atom. The van der Waals surface area contributed by atoms with Gasteiger partial charge >= 0.3 is 5.97 Å². The second-order valence-corrected chi connectivity index (χ2v) is 5.43. The van der Waals surface area contributed by atoms with Crippen LogP contribution in [-0.2, 0) is 16.0 Å². The molecule has 0 saturated carbocycles. The number of carbonyl (C=O) groups is 2. The molecule has 2 unspecified atom stereocenters. The molecular weight excluding hydrogens is 280 g/mol. The summed E-state index contributed by atoms with van der Waals surface area (Å²) in [7, 11) is 0. The van der Waals surface area contributed by atoms with Crippen LogP contribution in [0.1, 0.15) is 18.9 Å². The van der Waals surface area contributed by atoms with Gasteiger partial charge < -0.3 is 10.0 Å². The van der Waals surface area contributed by atoms with Crippen LogP contribution in [0.25, 0.3) is 0 Å². The van der Waals surface area contributed by atoms with E-state index in [-0.39, 0.29) is 23.8 Å². The Labute approximate surface area is 121 Å². The van der Waals surface area contributed by atoms with Gasteiger partial charge in [-0.25, -0.2) is 8.78 Å². The molecule has 1 aliphatic rings. The minimum atomic E-state index is -0.866. The number of amides is 1. The molecular formula is C15H17F2NO3. The molecule has 1 heterocycles. The largest absolute Gasteiger partial charge is 0.481 e. The Morgan fingerprint density at radius 3 is 2.48 bits per heavy atom. The monoisotopic (exact) mass is 297 g/mol. The molecule has 0 aliphatic carbocycles. The normalized spacial score (nSPS) is 22.1. The zero-order valence-corrected chi connectivity index (χ0v) is 11.7. The summed E-state index contributed by atoms with van der Waals surface area (Å²) in [6.45, 7) is 2.37. The molecule has 1 aromatic carbocycles. The molecule has 0 spiro atoms. The fourth-order valence-electron chi connectivity index (χ4n) is 2.70. The Kier molecular flexibility index (Phi) is 4.55. The Bertz CT molecular complexity index is 542. The molecule has 0 radical (unpaired) electrons. The van der Waals surface area contributed by atoms with E-state index in [4.69, 9.17) is 5.11 Å². The minimum Gasteiger partial charge on any atom is -0.481 e. The van der Waals surface area contributed by atoms with Crippen LogP contribution < -0.4 is 0 Å². The topological polar surface area (TPSA) is 57.6 Å².